The zero-order valence-electron chi connectivity index (χ0n) is 9.90. The van der Waals surface area contributed by atoms with Gasteiger partial charge in [-0.15, -0.1) is 0 Å². The van der Waals surface area contributed by atoms with E-state index in [1.54, 1.807) is 6.92 Å². The smallest absolute Gasteiger partial charge is 0.344 e. The van der Waals surface area contributed by atoms with E-state index < -0.39 is 5.97 Å². The van der Waals surface area contributed by atoms with E-state index >= 15 is 0 Å². The second-order valence-electron chi connectivity index (χ2n) is 3.42. The molecule has 1 unspecified atom stereocenters. The molecule has 6 nitrogen and oxygen atoms in total. The van der Waals surface area contributed by atoms with E-state index in [0.717, 1.165) is 18.0 Å². The minimum Gasteiger partial charge on any atom is -0.462 e. The summed E-state index contributed by atoms with van der Waals surface area (Å²) in [5, 5.41) is 12.7. The molecular formula is C10H17N3O3S. The molecule has 1 aromatic rings. The van der Waals surface area contributed by atoms with Crippen LogP contribution >= 0.6 is 11.5 Å². The van der Waals surface area contributed by atoms with E-state index in [2.05, 4.69) is 9.69 Å². The van der Waals surface area contributed by atoms with E-state index in [0.29, 0.717) is 5.00 Å². The molecule has 17 heavy (non-hydrogen) atoms. The van der Waals surface area contributed by atoms with Crippen molar-refractivity contribution in [2.24, 2.45) is 0 Å². The first-order valence-corrected chi connectivity index (χ1v) is 6.20. The molecule has 0 bridgehead atoms. The van der Waals surface area contributed by atoms with Crippen molar-refractivity contribution in [2.75, 3.05) is 24.3 Å². The third-order valence-corrected chi connectivity index (χ3v) is 3.04. The van der Waals surface area contributed by atoms with Gasteiger partial charge in [0.05, 0.1) is 13.2 Å². The second-order valence-corrected chi connectivity index (χ2v) is 4.20. The molecule has 7 heteroatoms. The third-order valence-electron chi connectivity index (χ3n) is 2.25. The monoisotopic (exact) mass is 259 g/mol. The van der Waals surface area contributed by atoms with Crippen molar-refractivity contribution in [3.63, 3.8) is 0 Å². The molecule has 96 valence electrons. The van der Waals surface area contributed by atoms with Gasteiger partial charge >= 0.3 is 5.97 Å². The third kappa shape index (κ3) is 3.31. The van der Waals surface area contributed by atoms with Crippen LogP contribution in [-0.2, 0) is 4.74 Å². The molecule has 1 atom stereocenters. The lowest BCUT2D eigenvalue weighted by Gasteiger charge is -2.14. The number of aliphatic hydroxyl groups excluding tert-OH is 1. The number of ether oxygens (including phenoxy) is 1. The van der Waals surface area contributed by atoms with Crippen molar-refractivity contribution in [3.8, 4) is 0 Å². The van der Waals surface area contributed by atoms with Crippen LogP contribution in [0.2, 0.25) is 0 Å². The van der Waals surface area contributed by atoms with Gasteiger partial charge in [0.15, 0.2) is 5.82 Å². The topological polar surface area (TPSA) is 97.5 Å². The number of anilines is 2. The first-order valence-electron chi connectivity index (χ1n) is 5.43. The summed E-state index contributed by atoms with van der Waals surface area (Å²) in [5.74, 6) is -0.335. The normalized spacial score (nSPS) is 12.2. The number of carbonyl (C=O) groups excluding carboxylic acids is 1. The van der Waals surface area contributed by atoms with Crippen LogP contribution in [0.4, 0.5) is 10.8 Å². The number of nitrogens with two attached hydrogens (primary N) is 1. The molecule has 1 aromatic heterocycles. The van der Waals surface area contributed by atoms with Gasteiger partial charge in [0, 0.05) is 6.04 Å². The number of esters is 1. The summed E-state index contributed by atoms with van der Waals surface area (Å²) >= 11 is 1.09. The Morgan fingerprint density at radius 2 is 2.35 bits per heavy atom. The van der Waals surface area contributed by atoms with Crippen LogP contribution in [0.1, 0.15) is 30.6 Å². The van der Waals surface area contributed by atoms with E-state index in [1.165, 1.54) is 0 Å². The van der Waals surface area contributed by atoms with E-state index in [-0.39, 0.29) is 30.6 Å². The van der Waals surface area contributed by atoms with Crippen molar-refractivity contribution in [3.05, 3.63) is 5.56 Å². The predicted molar refractivity (Wildman–Crippen MR) is 67.3 cm³/mol. The average molecular weight is 259 g/mol. The molecule has 0 radical (unpaired) electrons. The Kier molecular flexibility index (Phi) is 5.17. The molecule has 0 aliphatic carbocycles. The Bertz CT molecular complexity index is 377. The molecule has 0 aliphatic rings. The number of carbonyl (C=O) groups is 1. The summed E-state index contributed by atoms with van der Waals surface area (Å²) in [7, 11) is 0. The van der Waals surface area contributed by atoms with Crippen molar-refractivity contribution in [1.82, 2.24) is 4.37 Å². The second kappa shape index (κ2) is 6.41. The Hall–Kier alpha value is -1.34. The fraction of sp³-hybridized carbons (Fsp3) is 0.600. The van der Waals surface area contributed by atoms with Crippen molar-refractivity contribution >= 4 is 28.3 Å². The molecule has 1 rings (SSSR count). The molecular weight excluding hydrogens is 242 g/mol. The van der Waals surface area contributed by atoms with Gasteiger partial charge in [-0.3, -0.25) is 0 Å². The first-order chi connectivity index (χ1) is 8.13. The highest BCUT2D eigenvalue weighted by molar-refractivity contribution is 7.11. The van der Waals surface area contributed by atoms with Crippen molar-refractivity contribution < 1.29 is 14.6 Å². The minimum absolute atomic E-state index is 0.0173. The Morgan fingerprint density at radius 3 is 2.88 bits per heavy atom. The standard InChI is InChI=1S/C10H17N3O3S/c1-3-6(5-14)12-9-7(8(11)13-17-9)10(15)16-4-2/h6,12,14H,3-5H2,1-2H3,(H2,11,13). The highest BCUT2D eigenvalue weighted by atomic mass is 32.1. The van der Waals surface area contributed by atoms with Crippen LogP contribution < -0.4 is 11.1 Å². The van der Waals surface area contributed by atoms with Crippen LogP contribution in [0.15, 0.2) is 0 Å². The summed E-state index contributed by atoms with van der Waals surface area (Å²) in [6.07, 6.45) is 0.733. The number of aromatic nitrogens is 1. The van der Waals surface area contributed by atoms with Crippen LogP contribution in [0.25, 0.3) is 0 Å². The summed E-state index contributed by atoms with van der Waals surface area (Å²) in [6, 6.07) is -0.122. The van der Waals surface area contributed by atoms with Crippen molar-refractivity contribution in [2.45, 2.75) is 26.3 Å². The molecule has 0 amide bonds. The lowest BCUT2D eigenvalue weighted by Crippen LogP contribution is -2.23. The number of hydrogen-bond acceptors (Lipinski definition) is 7. The molecule has 4 N–H and O–H groups in total. The van der Waals surface area contributed by atoms with Gasteiger partial charge in [-0.1, -0.05) is 6.92 Å². The van der Waals surface area contributed by atoms with E-state index in [9.17, 15) is 4.79 Å². The quantitative estimate of drug-likeness (QED) is 0.661. The number of aliphatic hydroxyl groups is 1. The van der Waals surface area contributed by atoms with E-state index in [1.807, 2.05) is 6.92 Å². The van der Waals surface area contributed by atoms with Crippen molar-refractivity contribution in [1.29, 1.82) is 0 Å². The van der Waals surface area contributed by atoms with Gasteiger partial charge in [0.25, 0.3) is 0 Å². The zero-order chi connectivity index (χ0) is 12.8. The molecule has 0 fully saturated rings. The fourth-order valence-corrected chi connectivity index (χ4v) is 2.04. The fourth-order valence-electron chi connectivity index (χ4n) is 1.26. The summed E-state index contributed by atoms with van der Waals surface area (Å²) < 4.78 is 8.82. The Balaban J connectivity index is 2.89. The first kappa shape index (κ1) is 13.7. The van der Waals surface area contributed by atoms with Crippen LogP contribution in [0, 0.1) is 0 Å². The lowest BCUT2D eigenvalue weighted by atomic mass is 10.2. The van der Waals surface area contributed by atoms with Gasteiger partial charge in [-0.25, -0.2) is 4.79 Å². The Labute approximate surface area is 104 Å². The summed E-state index contributed by atoms with van der Waals surface area (Å²) in [4.78, 5) is 11.7. The molecule has 1 heterocycles. The van der Waals surface area contributed by atoms with Gasteiger partial charge < -0.3 is 20.9 Å². The number of nitrogens with zero attached hydrogens (tertiary/aromatic N) is 1. The molecule has 0 aliphatic heterocycles. The van der Waals surface area contributed by atoms with Gasteiger partial charge in [0.2, 0.25) is 0 Å². The number of hydrogen-bond donors (Lipinski definition) is 3. The summed E-state index contributed by atoms with van der Waals surface area (Å²) in [6.45, 7) is 3.92. The number of nitrogens with one attached hydrogen (secondary N) is 1. The summed E-state index contributed by atoms with van der Waals surface area (Å²) in [5.41, 5.74) is 5.88. The Morgan fingerprint density at radius 1 is 1.65 bits per heavy atom. The van der Waals surface area contributed by atoms with E-state index in [4.69, 9.17) is 15.6 Å². The van der Waals surface area contributed by atoms with Gasteiger partial charge in [0.1, 0.15) is 10.6 Å². The highest BCUT2D eigenvalue weighted by Gasteiger charge is 2.21. The molecule has 0 aromatic carbocycles. The zero-order valence-corrected chi connectivity index (χ0v) is 10.7. The maximum atomic E-state index is 11.7. The average Bonchev–Trinajstić information content (AvgIpc) is 2.67. The van der Waals surface area contributed by atoms with Gasteiger partial charge in [-0.05, 0) is 24.9 Å². The molecule has 0 spiro atoms. The van der Waals surface area contributed by atoms with Crippen LogP contribution in [0.3, 0.4) is 0 Å². The molecule has 0 saturated heterocycles. The molecule has 0 saturated carbocycles. The number of rotatable bonds is 6. The van der Waals surface area contributed by atoms with Crippen LogP contribution in [0.5, 0.6) is 0 Å². The number of nitrogen functional groups attached to an aromatic ring is 1. The predicted octanol–water partition coefficient (Wildman–Crippen LogP) is 1.08. The van der Waals surface area contributed by atoms with Gasteiger partial charge in [-0.2, -0.15) is 4.37 Å². The SMILES string of the molecule is CCOC(=O)c1c(N)nsc1NC(CC)CO. The maximum Gasteiger partial charge on any atom is 0.344 e. The minimum atomic E-state index is -0.492. The highest BCUT2D eigenvalue weighted by Crippen LogP contribution is 2.28. The van der Waals surface area contributed by atoms with Crippen LogP contribution in [-0.4, -0.2) is 34.7 Å². The lowest BCUT2D eigenvalue weighted by molar-refractivity contribution is 0.0529. The largest absolute Gasteiger partial charge is 0.462 e. The maximum absolute atomic E-state index is 11.7.